The number of likely N-dealkylation sites (N-methyl/N-ethyl adjacent to an activating group) is 1. The Morgan fingerprint density at radius 2 is 1.59 bits per heavy atom. The molecule has 6 amide bonds. The molecule has 0 unspecified atom stereocenters. The standard InChI is InChI=1S/C50H73I2N9O8/c1-11-31(6)41(46(66)54-28-33-20-15-16-22-53-33)58-43(63)34(30(4)5)26-40(62)35(24-29(2)3)55-45(65)39(27-36-42(51)59-48(52)57-36)60(10)47(67)37(25-32-18-13-12-14-19-32)56-44(64)38-21-17-23-61(38)49(68)69-50(7,8)9/h12-16,18-20,22,29-31,34-35,37-41,62H,11,17,21,23-28H2,1-10H3,(H,54,66)(H,55,65)(H,56,64)(H,57,59)(H,58,63)/t31-,34-,35-,37-,38-,39-,40-,41-/m0/s1. The van der Waals surface area contributed by atoms with Crippen molar-refractivity contribution in [2.75, 3.05) is 13.6 Å². The molecule has 8 atom stereocenters. The summed E-state index contributed by atoms with van der Waals surface area (Å²) in [6.07, 6.45) is 1.86. The summed E-state index contributed by atoms with van der Waals surface area (Å²) in [5.74, 6) is -3.51. The first-order chi connectivity index (χ1) is 32.5. The van der Waals surface area contributed by atoms with E-state index in [0.29, 0.717) is 51.1 Å². The van der Waals surface area contributed by atoms with Crippen molar-refractivity contribution in [3.63, 3.8) is 0 Å². The van der Waals surface area contributed by atoms with Gasteiger partial charge in [-0.1, -0.05) is 84.4 Å². The quantitative estimate of drug-likeness (QED) is 0.0616. The van der Waals surface area contributed by atoms with Crippen molar-refractivity contribution >= 4 is 80.8 Å². The monoisotopic (exact) mass is 1180 g/mol. The molecular formula is C50H73I2N9O8. The number of halogens is 2. The third kappa shape index (κ3) is 17.5. The van der Waals surface area contributed by atoms with Crippen LogP contribution in [0.4, 0.5) is 4.79 Å². The van der Waals surface area contributed by atoms with Crippen LogP contribution in [0.2, 0.25) is 0 Å². The molecule has 0 radical (unpaired) electrons. The summed E-state index contributed by atoms with van der Waals surface area (Å²) < 4.78 is 6.81. The number of hydrogen-bond acceptors (Lipinski definition) is 10. The number of likely N-dealkylation sites (tertiary alicyclic amines) is 1. The molecule has 6 N–H and O–H groups in total. The Morgan fingerprint density at radius 3 is 2.17 bits per heavy atom. The maximum atomic E-state index is 14.9. The van der Waals surface area contributed by atoms with Gasteiger partial charge in [-0.15, -0.1) is 0 Å². The van der Waals surface area contributed by atoms with Gasteiger partial charge in [0, 0.05) is 38.5 Å². The number of aromatic amines is 1. The fraction of sp³-hybridized carbons (Fsp3) is 0.600. The highest BCUT2D eigenvalue weighted by Crippen LogP contribution is 2.25. The lowest BCUT2D eigenvalue weighted by atomic mass is 9.85. The third-order valence-corrected chi connectivity index (χ3v) is 13.8. The topological polar surface area (TPSA) is 228 Å². The summed E-state index contributed by atoms with van der Waals surface area (Å²) in [5.41, 5.74) is 1.28. The lowest BCUT2D eigenvalue weighted by Crippen LogP contribution is -2.59. The number of aliphatic hydroxyl groups excluding tert-OH is 1. The maximum absolute atomic E-state index is 14.9. The SMILES string of the molecule is CC[C@H](C)[C@H](NC(=O)[C@@H](C[C@H](O)[C@H](CC(C)C)NC(=O)[C@H](Cc1[nH]c(I)nc1I)N(C)C(=O)[C@H](Cc1ccccc1)NC(=O)[C@@H]1CCCN1C(=O)OC(C)(C)C)C(C)C)C(=O)NCc1ccccn1. The average molecular weight is 1180 g/mol. The lowest BCUT2D eigenvalue weighted by molar-refractivity contribution is -0.143. The van der Waals surface area contributed by atoms with Gasteiger partial charge >= 0.3 is 6.09 Å². The Hall–Kier alpha value is -4.38. The van der Waals surface area contributed by atoms with E-state index in [-0.39, 0.29) is 55.4 Å². The van der Waals surface area contributed by atoms with E-state index in [0.717, 1.165) is 5.56 Å². The van der Waals surface area contributed by atoms with Crippen LogP contribution >= 0.6 is 45.2 Å². The molecule has 0 spiro atoms. The molecule has 1 fully saturated rings. The largest absolute Gasteiger partial charge is 0.444 e. The number of hydrogen-bond donors (Lipinski definition) is 6. The predicted molar refractivity (Wildman–Crippen MR) is 280 cm³/mol. The van der Waals surface area contributed by atoms with Crippen molar-refractivity contribution in [2.24, 2.45) is 23.7 Å². The predicted octanol–water partition coefficient (Wildman–Crippen LogP) is 5.91. The fourth-order valence-electron chi connectivity index (χ4n) is 8.35. The smallest absolute Gasteiger partial charge is 0.410 e. The van der Waals surface area contributed by atoms with Crippen LogP contribution in [0.15, 0.2) is 54.7 Å². The van der Waals surface area contributed by atoms with Crippen LogP contribution in [0.3, 0.4) is 0 Å². The molecule has 1 aromatic carbocycles. The number of rotatable bonds is 23. The van der Waals surface area contributed by atoms with Gasteiger partial charge in [0.15, 0.2) is 3.83 Å². The molecule has 3 heterocycles. The zero-order valence-corrected chi connectivity index (χ0v) is 46.0. The van der Waals surface area contributed by atoms with Gasteiger partial charge in [-0.25, -0.2) is 9.78 Å². The summed E-state index contributed by atoms with van der Waals surface area (Å²) >= 11 is 4.12. The zero-order valence-electron chi connectivity index (χ0n) is 41.7. The number of pyridine rings is 1. The number of H-pyrrole nitrogens is 1. The van der Waals surface area contributed by atoms with Gasteiger partial charge in [0.25, 0.3) is 0 Å². The van der Waals surface area contributed by atoms with Gasteiger partial charge < -0.3 is 41.0 Å². The summed E-state index contributed by atoms with van der Waals surface area (Å²) in [5, 5.41) is 24.0. The number of aliphatic hydroxyl groups is 1. The Labute approximate surface area is 434 Å². The van der Waals surface area contributed by atoms with E-state index in [1.807, 2.05) is 101 Å². The summed E-state index contributed by atoms with van der Waals surface area (Å²) in [6, 6.07) is 9.80. The van der Waals surface area contributed by atoms with Crippen LogP contribution in [0.1, 0.15) is 111 Å². The molecule has 1 aliphatic heterocycles. The van der Waals surface area contributed by atoms with Crippen LogP contribution < -0.4 is 21.3 Å². The van der Waals surface area contributed by atoms with Crippen molar-refractivity contribution in [3.05, 3.63) is 79.2 Å². The van der Waals surface area contributed by atoms with E-state index in [1.165, 1.54) is 16.8 Å². The summed E-state index contributed by atoms with van der Waals surface area (Å²) in [4.78, 5) is 99.5. The Bertz CT molecular complexity index is 2170. The highest BCUT2D eigenvalue weighted by molar-refractivity contribution is 14.1. The highest BCUT2D eigenvalue weighted by atomic mass is 127. The van der Waals surface area contributed by atoms with Crippen molar-refractivity contribution < 1.29 is 38.6 Å². The molecule has 19 heteroatoms. The second-order valence-electron chi connectivity index (χ2n) is 19.9. The minimum atomic E-state index is -1.20. The van der Waals surface area contributed by atoms with E-state index in [4.69, 9.17) is 4.74 Å². The van der Waals surface area contributed by atoms with E-state index in [2.05, 4.69) is 58.8 Å². The third-order valence-electron chi connectivity index (χ3n) is 12.4. The van der Waals surface area contributed by atoms with E-state index >= 15 is 0 Å². The van der Waals surface area contributed by atoms with Crippen LogP contribution in [-0.4, -0.2) is 121 Å². The van der Waals surface area contributed by atoms with Gasteiger partial charge in [0.2, 0.25) is 29.5 Å². The second-order valence-corrected chi connectivity index (χ2v) is 21.9. The van der Waals surface area contributed by atoms with Crippen LogP contribution in [0, 0.1) is 31.2 Å². The molecule has 0 aliphatic carbocycles. The number of aromatic nitrogens is 3. The first-order valence-electron chi connectivity index (χ1n) is 24.0. The normalized spacial score (nSPS) is 17.0. The Balaban J connectivity index is 1.61. The minimum absolute atomic E-state index is 0.00287. The van der Waals surface area contributed by atoms with Gasteiger partial charge in [-0.05, 0) is 127 Å². The van der Waals surface area contributed by atoms with Crippen molar-refractivity contribution in [1.29, 1.82) is 0 Å². The minimum Gasteiger partial charge on any atom is -0.444 e. The van der Waals surface area contributed by atoms with E-state index < -0.39 is 71.6 Å². The second kappa shape index (κ2) is 26.7. The number of nitrogens with zero attached hydrogens (tertiary/aromatic N) is 4. The Kier molecular flexibility index (Phi) is 22.2. The first-order valence-corrected chi connectivity index (χ1v) is 26.1. The fourth-order valence-corrected chi connectivity index (χ4v) is 9.97. The maximum Gasteiger partial charge on any atom is 0.410 e. The van der Waals surface area contributed by atoms with Crippen molar-refractivity contribution in [3.8, 4) is 0 Å². The molecular weight excluding hydrogens is 1110 g/mol. The molecule has 3 aromatic rings. The van der Waals surface area contributed by atoms with Crippen LogP contribution in [-0.2, 0) is 48.1 Å². The van der Waals surface area contributed by atoms with Gasteiger partial charge in [-0.2, -0.15) is 0 Å². The molecule has 380 valence electrons. The molecule has 0 bridgehead atoms. The van der Waals surface area contributed by atoms with Crippen molar-refractivity contribution in [2.45, 2.75) is 156 Å². The van der Waals surface area contributed by atoms with E-state index in [9.17, 15) is 33.9 Å². The molecule has 17 nitrogen and oxygen atoms in total. The highest BCUT2D eigenvalue weighted by Gasteiger charge is 2.41. The number of benzene rings is 1. The zero-order chi connectivity index (χ0) is 51.2. The summed E-state index contributed by atoms with van der Waals surface area (Å²) in [7, 11) is 1.51. The number of carbonyl (C=O) groups excluding carboxylic acids is 6. The average Bonchev–Trinajstić information content (AvgIpc) is 3.92. The lowest BCUT2D eigenvalue weighted by Gasteiger charge is -2.35. The molecule has 4 rings (SSSR count). The number of ether oxygens (including phenoxy) is 1. The van der Waals surface area contributed by atoms with Crippen LogP contribution in [0.25, 0.3) is 0 Å². The van der Waals surface area contributed by atoms with Gasteiger partial charge in [-0.3, -0.25) is 33.9 Å². The first kappa shape index (κ1) is 57.2. The number of imidazole rings is 1. The van der Waals surface area contributed by atoms with Crippen LogP contribution in [0.5, 0.6) is 0 Å². The van der Waals surface area contributed by atoms with Gasteiger partial charge in [0.05, 0.1) is 30.1 Å². The number of carbonyl (C=O) groups is 6. The molecule has 69 heavy (non-hydrogen) atoms. The van der Waals surface area contributed by atoms with Crippen molar-refractivity contribution in [1.82, 2.24) is 46.0 Å². The molecule has 1 aliphatic rings. The number of amides is 6. The summed E-state index contributed by atoms with van der Waals surface area (Å²) in [6.45, 7) is 17.3. The van der Waals surface area contributed by atoms with E-state index in [1.54, 1.807) is 39.1 Å². The molecule has 0 saturated carbocycles. The number of nitrogens with one attached hydrogen (secondary N) is 5. The van der Waals surface area contributed by atoms with Gasteiger partial charge in [0.1, 0.15) is 33.5 Å². The Morgan fingerprint density at radius 1 is 0.913 bits per heavy atom. The molecule has 1 saturated heterocycles. The molecule has 2 aromatic heterocycles.